The number of carbonyl (C=O) groups excluding carboxylic acids is 2. The maximum absolute atomic E-state index is 13.9. The molecule has 0 aliphatic heterocycles. The van der Waals surface area contributed by atoms with Gasteiger partial charge in [0.05, 0.1) is 12.1 Å². The second kappa shape index (κ2) is 8.71. The molecule has 0 unspecified atom stereocenters. The number of anilines is 3. The SMILES string of the molecule is C#CCN(C)C(=O)c1ccc(Nc2nc(N)c(C(=O)c3c(F)cccc3F)s2)cc1. The zero-order valence-electron chi connectivity index (χ0n) is 15.8. The fourth-order valence-electron chi connectivity index (χ4n) is 2.63. The summed E-state index contributed by atoms with van der Waals surface area (Å²) in [7, 11) is 1.60. The van der Waals surface area contributed by atoms with Gasteiger partial charge >= 0.3 is 0 Å². The Bertz CT molecular complexity index is 1130. The number of rotatable bonds is 6. The number of ketones is 1. The first-order chi connectivity index (χ1) is 14.3. The van der Waals surface area contributed by atoms with Crippen LogP contribution in [0.1, 0.15) is 25.6 Å². The van der Waals surface area contributed by atoms with E-state index in [9.17, 15) is 18.4 Å². The Morgan fingerprint density at radius 1 is 1.20 bits per heavy atom. The van der Waals surface area contributed by atoms with E-state index >= 15 is 0 Å². The second-order valence-electron chi connectivity index (χ2n) is 6.23. The topological polar surface area (TPSA) is 88.3 Å². The lowest BCUT2D eigenvalue weighted by molar-refractivity contribution is 0.0812. The van der Waals surface area contributed by atoms with E-state index in [1.807, 2.05) is 0 Å². The minimum atomic E-state index is -0.975. The zero-order chi connectivity index (χ0) is 21.8. The van der Waals surface area contributed by atoms with E-state index in [-0.39, 0.29) is 28.3 Å². The number of nitrogens with zero attached hydrogens (tertiary/aromatic N) is 2. The first kappa shape index (κ1) is 21.0. The van der Waals surface area contributed by atoms with Gasteiger partial charge in [-0.3, -0.25) is 9.59 Å². The molecule has 1 amide bonds. The molecule has 0 atom stereocenters. The van der Waals surface area contributed by atoms with Crippen LogP contribution in [0.4, 0.5) is 25.4 Å². The van der Waals surface area contributed by atoms with Gasteiger partial charge in [0.1, 0.15) is 22.3 Å². The predicted molar refractivity (Wildman–Crippen MR) is 112 cm³/mol. The highest BCUT2D eigenvalue weighted by molar-refractivity contribution is 7.18. The Hall–Kier alpha value is -3.77. The largest absolute Gasteiger partial charge is 0.382 e. The van der Waals surface area contributed by atoms with Crippen LogP contribution in [0.15, 0.2) is 42.5 Å². The normalized spacial score (nSPS) is 10.3. The number of terminal acetylenes is 1. The molecule has 6 nitrogen and oxygen atoms in total. The fraction of sp³-hybridized carbons (Fsp3) is 0.0952. The number of halogens is 2. The zero-order valence-corrected chi connectivity index (χ0v) is 16.6. The highest BCUT2D eigenvalue weighted by Gasteiger charge is 2.24. The van der Waals surface area contributed by atoms with Gasteiger partial charge in [0.25, 0.3) is 5.91 Å². The second-order valence-corrected chi connectivity index (χ2v) is 7.23. The van der Waals surface area contributed by atoms with Crippen molar-refractivity contribution in [2.75, 3.05) is 24.6 Å². The molecule has 1 heterocycles. The summed E-state index contributed by atoms with van der Waals surface area (Å²) in [6.45, 7) is 0.191. The third-order valence-electron chi connectivity index (χ3n) is 4.11. The summed E-state index contributed by atoms with van der Waals surface area (Å²) in [6.07, 6.45) is 5.21. The standard InChI is InChI=1S/C21H16F2N4O2S/c1-3-11-27(2)20(29)12-7-9-13(10-8-12)25-21-26-19(24)18(30-21)17(28)16-14(22)5-4-6-15(16)23/h1,4-10H,11,24H2,2H3,(H,25,26). The minimum Gasteiger partial charge on any atom is -0.382 e. The Kier molecular flexibility index (Phi) is 6.09. The van der Waals surface area contributed by atoms with E-state index < -0.39 is 23.0 Å². The molecular weight excluding hydrogens is 410 g/mol. The number of hydrogen-bond donors (Lipinski definition) is 2. The van der Waals surface area contributed by atoms with E-state index in [2.05, 4.69) is 16.2 Å². The van der Waals surface area contributed by atoms with Crippen molar-refractivity contribution in [1.82, 2.24) is 9.88 Å². The molecule has 0 saturated carbocycles. The molecule has 3 N–H and O–H groups in total. The van der Waals surface area contributed by atoms with Gasteiger partial charge < -0.3 is 16.0 Å². The third-order valence-corrected chi connectivity index (χ3v) is 5.09. The first-order valence-corrected chi connectivity index (χ1v) is 9.44. The highest BCUT2D eigenvalue weighted by atomic mass is 32.1. The Morgan fingerprint density at radius 2 is 1.83 bits per heavy atom. The van der Waals surface area contributed by atoms with Gasteiger partial charge in [0.15, 0.2) is 5.13 Å². The molecule has 2 aromatic carbocycles. The Morgan fingerprint density at radius 3 is 2.43 bits per heavy atom. The van der Waals surface area contributed by atoms with Gasteiger partial charge in [-0.2, -0.15) is 0 Å². The highest BCUT2D eigenvalue weighted by Crippen LogP contribution is 2.31. The summed E-state index contributed by atoms with van der Waals surface area (Å²) >= 11 is 0.869. The fourth-order valence-corrected chi connectivity index (χ4v) is 3.48. The smallest absolute Gasteiger partial charge is 0.254 e. The molecule has 3 aromatic rings. The van der Waals surface area contributed by atoms with Crippen LogP contribution in [-0.2, 0) is 0 Å². The summed E-state index contributed by atoms with van der Waals surface area (Å²) in [4.78, 5) is 30.1. The summed E-state index contributed by atoms with van der Waals surface area (Å²) in [6, 6.07) is 9.67. The van der Waals surface area contributed by atoms with Crippen LogP contribution in [0.25, 0.3) is 0 Å². The molecule has 0 spiro atoms. The van der Waals surface area contributed by atoms with Gasteiger partial charge in [-0.15, -0.1) is 6.42 Å². The molecule has 0 bridgehead atoms. The van der Waals surface area contributed by atoms with Crippen molar-refractivity contribution in [3.63, 3.8) is 0 Å². The van der Waals surface area contributed by atoms with Crippen LogP contribution in [0.5, 0.6) is 0 Å². The number of aromatic nitrogens is 1. The van der Waals surface area contributed by atoms with Gasteiger partial charge in [0.2, 0.25) is 5.78 Å². The van der Waals surface area contributed by atoms with E-state index in [0.29, 0.717) is 11.3 Å². The number of nitrogens with two attached hydrogens (primary N) is 1. The number of nitrogens with one attached hydrogen (secondary N) is 1. The van der Waals surface area contributed by atoms with Crippen molar-refractivity contribution in [3.8, 4) is 12.3 Å². The number of amides is 1. The molecule has 0 fully saturated rings. The molecule has 0 saturated heterocycles. The molecule has 3 rings (SSSR count). The number of nitrogen functional groups attached to an aromatic ring is 1. The number of thiazole rings is 1. The van der Waals surface area contributed by atoms with Crippen LogP contribution in [-0.4, -0.2) is 35.2 Å². The summed E-state index contributed by atoms with van der Waals surface area (Å²) in [5, 5.41) is 3.21. The summed E-state index contributed by atoms with van der Waals surface area (Å²) in [5.74, 6) is -0.801. The number of benzene rings is 2. The lowest BCUT2D eigenvalue weighted by Gasteiger charge is -2.14. The Labute approximate surface area is 175 Å². The average molecular weight is 426 g/mol. The lowest BCUT2D eigenvalue weighted by Crippen LogP contribution is -2.26. The van der Waals surface area contributed by atoms with Crippen LogP contribution in [0.3, 0.4) is 0 Å². The molecule has 0 aliphatic carbocycles. The Balaban J connectivity index is 1.79. The molecule has 1 aromatic heterocycles. The van der Waals surface area contributed by atoms with E-state index in [0.717, 1.165) is 23.5 Å². The molecule has 0 radical (unpaired) electrons. The number of hydrogen-bond acceptors (Lipinski definition) is 6. The van der Waals surface area contributed by atoms with Crippen molar-refractivity contribution in [1.29, 1.82) is 0 Å². The first-order valence-electron chi connectivity index (χ1n) is 8.63. The quantitative estimate of drug-likeness (QED) is 0.464. The van der Waals surface area contributed by atoms with Crippen molar-refractivity contribution in [2.24, 2.45) is 0 Å². The molecular formula is C21H16F2N4O2S. The maximum atomic E-state index is 13.9. The monoisotopic (exact) mass is 426 g/mol. The molecule has 30 heavy (non-hydrogen) atoms. The molecule has 0 aliphatic rings. The van der Waals surface area contributed by atoms with E-state index in [1.54, 1.807) is 31.3 Å². The van der Waals surface area contributed by atoms with Crippen molar-refractivity contribution in [3.05, 3.63) is 70.1 Å². The number of carbonyl (C=O) groups is 2. The van der Waals surface area contributed by atoms with Crippen molar-refractivity contribution < 1.29 is 18.4 Å². The van der Waals surface area contributed by atoms with Gasteiger partial charge in [-0.05, 0) is 36.4 Å². The van der Waals surface area contributed by atoms with Gasteiger partial charge in [-0.1, -0.05) is 23.3 Å². The predicted octanol–water partition coefficient (Wildman–Crippen LogP) is 3.68. The van der Waals surface area contributed by atoms with Gasteiger partial charge in [-0.25, -0.2) is 13.8 Å². The van der Waals surface area contributed by atoms with E-state index in [1.165, 1.54) is 11.0 Å². The lowest BCUT2D eigenvalue weighted by atomic mass is 10.1. The van der Waals surface area contributed by atoms with Crippen LogP contribution >= 0.6 is 11.3 Å². The van der Waals surface area contributed by atoms with Crippen molar-refractivity contribution >= 4 is 39.7 Å². The van der Waals surface area contributed by atoms with Crippen LogP contribution in [0, 0.1) is 24.0 Å². The summed E-state index contributed by atoms with van der Waals surface area (Å²) in [5.41, 5.74) is 6.13. The third kappa shape index (κ3) is 4.29. The van der Waals surface area contributed by atoms with Crippen LogP contribution < -0.4 is 11.1 Å². The van der Waals surface area contributed by atoms with Crippen molar-refractivity contribution in [2.45, 2.75) is 0 Å². The minimum absolute atomic E-state index is 0.0794. The maximum Gasteiger partial charge on any atom is 0.254 e. The van der Waals surface area contributed by atoms with E-state index in [4.69, 9.17) is 12.2 Å². The molecule has 9 heteroatoms. The van der Waals surface area contributed by atoms with Gasteiger partial charge in [0, 0.05) is 18.3 Å². The summed E-state index contributed by atoms with van der Waals surface area (Å²) < 4.78 is 27.8. The van der Waals surface area contributed by atoms with Crippen LogP contribution in [0.2, 0.25) is 0 Å². The average Bonchev–Trinajstić information content (AvgIpc) is 3.08. The molecule has 152 valence electrons.